The molecule has 12 nitrogen and oxygen atoms in total. The molecule has 2 aromatic carbocycles. The molecule has 0 heterocycles. The van der Waals surface area contributed by atoms with E-state index in [9.17, 15) is 33.7 Å². The second-order valence-electron chi connectivity index (χ2n) is 8.83. The van der Waals surface area contributed by atoms with Crippen molar-refractivity contribution < 1.29 is 43.3 Å². The Kier molecular flexibility index (Phi) is 12.1. The first-order valence-electron chi connectivity index (χ1n) is 12.3. The van der Waals surface area contributed by atoms with Gasteiger partial charge in [0.2, 0.25) is 0 Å². The minimum Gasteiger partial charge on any atom is -0.359 e. The van der Waals surface area contributed by atoms with Crippen molar-refractivity contribution in [3.8, 4) is 0 Å². The van der Waals surface area contributed by atoms with Crippen LogP contribution in [0, 0.1) is 0 Å². The SMILES string of the molecule is [N-]=[N+]=C(S(=O)(=O)CCCCCCCCCCS(=O)(=O)C(=[N+]=[N-])S(=O)(=O)c1ccccc1)S(=O)(=O)c1ccccc1. The summed E-state index contributed by atoms with van der Waals surface area (Å²) in [5.41, 5.74) is 18.3. The molecule has 0 aromatic heterocycles. The highest BCUT2D eigenvalue weighted by atomic mass is 32.3. The Labute approximate surface area is 235 Å². The van der Waals surface area contributed by atoms with Crippen LogP contribution in [0.1, 0.15) is 51.4 Å². The summed E-state index contributed by atoms with van der Waals surface area (Å²) < 4.78 is 97.6. The molecule has 0 spiro atoms. The fraction of sp³-hybridized carbons (Fsp3) is 0.417. The van der Waals surface area contributed by atoms with Gasteiger partial charge in [0.05, 0.1) is 21.3 Å². The molecule has 0 N–H and O–H groups in total. The summed E-state index contributed by atoms with van der Waals surface area (Å²) in [4.78, 5) is 4.55. The van der Waals surface area contributed by atoms with Gasteiger partial charge in [-0.15, -0.1) is 9.58 Å². The zero-order chi connectivity index (χ0) is 29.9. The standard InChI is InChI=1S/C24H30N4O8S4/c25-27-23(39(33,34)21-15-9-7-10-16-21)37(29,30)19-13-5-3-1-2-4-6-14-20-38(31,32)24(28-26)40(35,36)22-17-11-8-12-18-22/h7-12,15-18H,1-6,13-14,19-20H2. The third-order valence-electron chi connectivity index (χ3n) is 5.84. The van der Waals surface area contributed by atoms with E-state index in [0.717, 1.165) is 0 Å². The van der Waals surface area contributed by atoms with Crippen LogP contribution in [0.15, 0.2) is 70.5 Å². The van der Waals surface area contributed by atoms with E-state index in [4.69, 9.17) is 11.1 Å². The average molecular weight is 631 g/mol. The highest BCUT2D eigenvalue weighted by Crippen LogP contribution is 2.18. The van der Waals surface area contributed by atoms with Crippen LogP contribution >= 0.6 is 0 Å². The Morgan fingerprint density at radius 1 is 0.475 bits per heavy atom. The average Bonchev–Trinajstić information content (AvgIpc) is 2.90. The van der Waals surface area contributed by atoms with Crippen molar-refractivity contribution in [3.05, 3.63) is 71.7 Å². The van der Waals surface area contributed by atoms with E-state index in [1.165, 1.54) is 48.5 Å². The molecule has 218 valence electrons. The predicted molar refractivity (Wildman–Crippen MR) is 149 cm³/mol. The van der Waals surface area contributed by atoms with Gasteiger partial charge in [0.1, 0.15) is 0 Å². The number of hydrogen-bond donors (Lipinski definition) is 0. The molecule has 0 fully saturated rings. The first-order chi connectivity index (χ1) is 18.8. The molecule has 0 saturated carbocycles. The van der Waals surface area contributed by atoms with E-state index in [1.54, 1.807) is 12.1 Å². The molecule has 2 rings (SSSR count). The molecule has 0 aliphatic carbocycles. The number of unbranched alkanes of at least 4 members (excludes halogenated alkanes) is 7. The molecule has 0 aliphatic heterocycles. The topological polar surface area (TPSA) is 209 Å². The lowest BCUT2D eigenvalue weighted by molar-refractivity contribution is 0.00349. The van der Waals surface area contributed by atoms with Gasteiger partial charge >= 0.3 is 8.75 Å². The zero-order valence-electron chi connectivity index (χ0n) is 21.5. The highest BCUT2D eigenvalue weighted by molar-refractivity contribution is 8.31. The minimum absolute atomic E-state index is 0.156. The lowest BCUT2D eigenvalue weighted by Gasteiger charge is -2.04. The van der Waals surface area contributed by atoms with Crippen molar-refractivity contribution in [1.82, 2.24) is 0 Å². The van der Waals surface area contributed by atoms with E-state index in [2.05, 4.69) is 9.58 Å². The maximum absolute atomic E-state index is 12.5. The first-order valence-corrected chi connectivity index (χ1v) is 18.6. The van der Waals surface area contributed by atoms with E-state index < -0.39 is 59.6 Å². The Morgan fingerprint density at radius 3 is 1.02 bits per heavy atom. The smallest absolute Gasteiger partial charge is 0.359 e. The molecule has 2 aromatic rings. The van der Waals surface area contributed by atoms with Gasteiger partial charge in [-0.25, -0.2) is 33.7 Å². The van der Waals surface area contributed by atoms with Crippen LogP contribution in [-0.4, -0.2) is 63.5 Å². The summed E-state index contributed by atoms with van der Waals surface area (Å²) in [7, 11) is -17.7. The van der Waals surface area contributed by atoms with Crippen LogP contribution in [0.5, 0.6) is 0 Å². The van der Waals surface area contributed by atoms with Gasteiger partial charge in [0, 0.05) is 0 Å². The van der Waals surface area contributed by atoms with Crippen LogP contribution < -0.4 is 0 Å². The second kappa shape index (κ2) is 14.6. The van der Waals surface area contributed by atoms with E-state index >= 15 is 0 Å². The third kappa shape index (κ3) is 8.75. The molecule has 40 heavy (non-hydrogen) atoms. The van der Waals surface area contributed by atoms with Gasteiger partial charge in [0.15, 0.2) is 0 Å². The molecular weight excluding hydrogens is 601 g/mol. The lowest BCUT2D eigenvalue weighted by Crippen LogP contribution is -2.28. The predicted octanol–water partition coefficient (Wildman–Crippen LogP) is 3.06. The number of rotatable bonds is 13. The van der Waals surface area contributed by atoms with Crippen LogP contribution in [0.3, 0.4) is 0 Å². The van der Waals surface area contributed by atoms with Gasteiger partial charge in [0.25, 0.3) is 39.3 Å². The lowest BCUT2D eigenvalue weighted by atomic mass is 10.1. The summed E-state index contributed by atoms with van der Waals surface area (Å²) >= 11 is 0. The van der Waals surface area contributed by atoms with Gasteiger partial charge < -0.3 is 11.1 Å². The van der Waals surface area contributed by atoms with Crippen molar-refractivity contribution in [1.29, 1.82) is 0 Å². The second-order valence-corrected chi connectivity index (χ2v) is 17.1. The number of nitrogens with zero attached hydrogens (tertiary/aromatic N) is 4. The van der Waals surface area contributed by atoms with Crippen LogP contribution in [-0.2, 0) is 39.3 Å². The number of benzene rings is 2. The largest absolute Gasteiger partial charge is 0.499 e. The van der Waals surface area contributed by atoms with Crippen molar-refractivity contribution in [3.63, 3.8) is 0 Å². The minimum atomic E-state index is -4.49. The van der Waals surface area contributed by atoms with Crippen molar-refractivity contribution in [2.24, 2.45) is 0 Å². The van der Waals surface area contributed by atoms with Crippen LogP contribution in [0.2, 0.25) is 0 Å². The Morgan fingerprint density at radius 2 is 0.750 bits per heavy atom. The zero-order valence-corrected chi connectivity index (χ0v) is 24.8. The highest BCUT2D eigenvalue weighted by Gasteiger charge is 2.43. The Bertz CT molecular complexity index is 1570. The maximum Gasteiger partial charge on any atom is 0.499 e. The fourth-order valence-corrected chi connectivity index (χ4v) is 11.0. The molecule has 16 heteroatoms. The summed E-state index contributed by atoms with van der Waals surface area (Å²) in [6.07, 6.45) is 3.97. The van der Waals surface area contributed by atoms with Gasteiger partial charge in [-0.05, 0) is 37.1 Å². The number of sulfone groups is 4. The first kappa shape index (κ1) is 33.2. The maximum atomic E-state index is 12.5. The molecule has 0 saturated heterocycles. The van der Waals surface area contributed by atoms with Gasteiger partial charge in [-0.3, -0.25) is 0 Å². The summed E-state index contributed by atoms with van der Waals surface area (Å²) in [5, 5.41) is 0. The van der Waals surface area contributed by atoms with Crippen LogP contribution in [0.25, 0.3) is 11.1 Å². The summed E-state index contributed by atoms with van der Waals surface area (Å²) in [5.74, 6) is -1.01. The van der Waals surface area contributed by atoms with Crippen molar-refractivity contribution in [2.75, 3.05) is 11.5 Å². The summed E-state index contributed by atoms with van der Waals surface area (Å²) in [6.45, 7) is 0. The van der Waals surface area contributed by atoms with Gasteiger partial charge in [-0.1, -0.05) is 74.9 Å². The normalized spacial score (nSPS) is 12.3. The Balaban J connectivity index is 1.73. The quantitative estimate of drug-likeness (QED) is 0.105. The Hall–Kier alpha value is -3.00. The van der Waals surface area contributed by atoms with Crippen molar-refractivity contribution in [2.45, 2.75) is 61.2 Å². The molecule has 0 radical (unpaired) electrons. The van der Waals surface area contributed by atoms with E-state index in [1.807, 2.05) is 0 Å². The summed E-state index contributed by atoms with van der Waals surface area (Å²) in [6, 6.07) is 13.6. The molecule has 0 atom stereocenters. The molecule has 0 bridgehead atoms. The van der Waals surface area contributed by atoms with Crippen molar-refractivity contribution >= 4 is 48.1 Å². The molecule has 0 unspecified atom stereocenters. The molecule has 0 amide bonds. The van der Waals surface area contributed by atoms with Crippen LogP contribution in [0.4, 0.5) is 0 Å². The monoisotopic (exact) mass is 630 g/mol. The van der Waals surface area contributed by atoms with E-state index in [-0.39, 0.29) is 22.6 Å². The van der Waals surface area contributed by atoms with Gasteiger partial charge in [-0.2, -0.15) is 0 Å². The molecule has 0 aliphatic rings. The van der Waals surface area contributed by atoms with E-state index in [0.29, 0.717) is 38.5 Å². The molecular formula is C24H30N4O8S4. The number of hydrogen-bond acceptors (Lipinski definition) is 8. The third-order valence-corrected chi connectivity index (χ3v) is 14.4. The fourth-order valence-electron chi connectivity index (χ4n) is 3.79.